The molecule has 11 heavy (non-hydrogen) atoms. The van der Waals surface area contributed by atoms with Gasteiger partial charge in [0.25, 0.3) is 0 Å². The summed E-state index contributed by atoms with van der Waals surface area (Å²) in [5, 5.41) is 0. The minimum Gasteiger partial charge on any atom is -0.327 e. The molecule has 0 radical (unpaired) electrons. The summed E-state index contributed by atoms with van der Waals surface area (Å²) < 4.78 is 2.70. The second kappa shape index (κ2) is 4.26. The molecule has 0 spiro atoms. The molecule has 1 nitrogen and oxygen atoms in total. The van der Waals surface area contributed by atoms with E-state index in [1.165, 1.54) is 42.5 Å². The first-order chi connectivity index (χ1) is 5.25. The van der Waals surface area contributed by atoms with E-state index in [0.717, 1.165) is 12.1 Å². The van der Waals surface area contributed by atoms with Crippen molar-refractivity contribution < 1.29 is 0 Å². The van der Waals surface area contributed by atoms with E-state index in [-0.39, 0.29) is 0 Å². The van der Waals surface area contributed by atoms with E-state index in [1.807, 2.05) is 0 Å². The van der Waals surface area contributed by atoms with Gasteiger partial charge in [-0.2, -0.15) is 0 Å². The smallest absolute Gasteiger partial charge is 0.0791 e. The zero-order valence-corrected chi connectivity index (χ0v) is 10.1. The molecule has 1 saturated carbocycles. The zero-order valence-electron chi connectivity index (χ0n) is 8.14. The minimum absolute atomic E-state index is 0.838. The molecule has 0 heterocycles. The number of rotatable bonds is 3. The standard InChI is InChI=1S/C9H21NSi/c1-3-8(2)10(11)9-6-4-5-7-9/h8-9H,3-7H2,1-2,11H3. The van der Waals surface area contributed by atoms with Crippen molar-refractivity contribution in [2.24, 2.45) is 0 Å². The summed E-state index contributed by atoms with van der Waals surface area (Å²) in [4.78, 5) is 0. The van der Waals surface area contributed by atoms with Crippen LogP contribution in [-0.2, 0) is 0 Å². The molecule has 1 fully saturated rings. The fraction of sp³-hybridized carbons (Fsp3) is 1.00. The first kappa shape index (κ1) is 9.27. The van der Waals surface area contributed by atoms with Crippen molar-refractivity contribution in [1.29, 1.82) is 0 Å². The van der Waals surface area contributed by atoms with Gasteiger partial charge in [-0.1, -0.05) is 26.7 Å². The molecule has 1 aliphatic rings. The van der Waals surface area contributed by atoms with Gasteiger partial charge in [-0.25, -0.2) is 0 Å². The van der Waals surface area contributed by atoms with Crippen molar-refractivity contribution in [2.45, 2.75) is 58.0 Å². The van der Waals surface area contributed by atoms with E-state index >= 15 is 0 Å². The molecular weight excluding hydrogens is 150 g/mol. The molecule has 0 bridgehead atoms. The highest BCUT2D eigenvalue weighted by molar-refractivity contribution is 6.04. The molecule has 0 amide bonds. The van der Waals surface area contributed by atoms with Gasteiger partial charge < -0.3 is 4.57 Å². The fourth-order valence-electron chi connectivity index (χ4n) is 1.96. The Morgan fingerprint density at radius 2 is 2.00 bits per heavy atom. The largest absolute Gasteiger partial charge is 0.327 e. The molecule has 0 saturated heterocycles. The van der Waals surface area contributed by atoms with Crippen molar-refractivity contribution in [1.82, 2.24) is 4.57 Å². The molecule has 0 aliphatic heterocycles. The second-order valence-corrected chi connectivity index (χ2v) is 4.89. The Bertz CT molecular complexity index is 110. The summed E-state index contributed by atoms with van der Waals surface area (Å²) in [6, 6.07) is 1.79. The predicted molar refractivity (Wildman–Crippen MR) is 53.8 cm³/mol. The van der Waals surface area contributed by atoms with E-state index in [9.17, 15) is 0 Å². The van der Waals surface area contributed by atoms with Gasteiger partial charge in [0, 0.05) is 6.04 Å². The van der Waals surface area contributed by atoms with Crippen molar-refractivity contribution >= 4 is 10.4 Å². The fourth-order valence-corrected chi connectivity index (χ4v) is 2.84. The maximum Gasteiger partial charge on any atom is 0.0791 e. The lowest BCUT2D eigenvalue weighted by molar-refractivity contribution is 0.269. The molecule has 1 unspecified atom stereocenters. The van der Waals surface area contributed by atoms with Gasteiger partial charge in [0.2, 0.25) is 0 Å². The number of hydrogen-bond acceptors (Lipinski definition) is 1. The summed E-state index contributed by atoms with van der Waals surface area (Å²) in [6.45, 7) is 4.66. The number of nitrogens with zero attached hydrogens (tertiary/aromatic N) is 1. The average Bonchev–Trinajstić information content (AvgIpc) is 2.53. The Morgan fingerprint density at radius 1 is 1.45 bits per heavy atom. The third-order valence-electron chi connectivity index (χ3n) is 3.19. The van der Waals surface area contributed by atoms with E-state index in [2.05, 4.69) is 18.4 Å². The van der Waals surface area contributed by atoms with Crippen LogP contribution in [0, 0.1) is 0 Å². The normalized spacial score (nSPS) is 23.2. The molecule has 0 aromatic heterocycles. The molecule has 1 rings (SSSR count). The minimum atomic E-state index is 0.838. The van der Waals surface area contributed by atoms with Crippen LogP contribution >= 0.6 is 0 Å². The lowest BCUT2D eigenvalue weighted by Gasteiger charge is -2.30. The van der Waals surface area contributed by atoms with Crippen LogP contribution in [0.2, 0.25) is 0 Å². The summed E-state index contributed by atoms with van der Waals surface area (Å²) in [5.74, 6) is 0. The van der Waals surface area contributed by atoms with Gasteiger partial charge in [0.05, 0.1) is 10.4 Å². The summed E-state index contributed by atoms with van der Waals surface area (Å²) in [6.07, 6.45) is 7.20. The molecular formula is C9H21NSi. The summed E-state index contributed by atoms with van der Waals surface area (Å²) in [7, 11) is 1.26. The lowest BCUT2D eigenvalue weighted by Crippen LogP contribution is -2.37. The highest BCUT2D eigenvalue weighted by atomic mass is 28.2. The Labute approximate surface area is 73.7 Å². The van der Waals surface area contributed by atoms with Crippen molar-refractivity contribution in [2.75, 3.05) is 0 Å². The third-order valence-corrected chi connectivity index (χ3v) is 4.80. The second-order valence-electron chi connectivity index (χ2n) is 3.86. The molecule has 66 valence electrons. The zero-order chi connectivity index (χ0) is 8.27. The summed E-state index contributed by atoms with van der Waals surface area (Å²) in [5.41, 5.74) is 0. The monoisotopic (exact) mass is 171 g/mol. The van der Waals surface area contributed by atoms with Crippen LogP contribution in [0.15, 0.2) is 0 Å². The van der Waals surface area contributed by atoms with Crippen LogP contribution in [0.1, 0.15) is 46.0 Å². The highest BCUT2D eigenvalue weighted by Crippen LogP contribution is 2.23. The highest BCUT2D eigenvalue weighted by Gasteiger charge is 2.21. The van der Waals surface area contributed by atoms with E-state index in [1.54, 1.807) is 0 Å². The Balaban J connectivity index is 2.32. The first-order valence-corrected chi connectivity index (χ1v) is 5.87. The molecule has 0 aromatic rings. The molecule has 2 heteroatoms. The van der Waals surface area contributed by atoms with Crippen molar-refractivity contribution in [3.05, 3.63) is 0 Å². The van der Waals surface area contributed by atoms with Crippen LogP contribution < -0.4 is 0 Å². The quantitative estimate of drug-likeness (QED) is 0.579. The molecule has 1 atom stereocenters. The van der Waals surface area contributed by atoms with Gasteiger partial charge in [-0.05, 0) is 25.3 Å². The predicted octanol–water partition coefficient (Wildman–Crippen LogP) is 1.31. The summed E-state index contributed by atoms with van der Waals surface area (Å²) >= 11 is 0. The van der Waals surface area contributed by atoms with Crippen LogP contribution in [0.3, 0.4) is 0 Å². The lowest BCUT2D eigenvalue weighted by atomic mass is 10.2. The number of hydrogen-bond donors (Lipinski definition) is 0. The topological polar surface area (TPSA) is 3.24 Å². The van der Waals surface area contributed by atoms with Gasteiger partial charge >= 0.3 is 0 Å². The van der Waals surface area contributed by atoms with Crippen LogP contribution in [0.4, 0.5) is 0 Å². The van der Waals surface area contributed by atoms with Gasteiger partial charge in [-0.3, -0.25) is 0 Å². The van der Waals surface area contributed by atoms with Crippen LogP contribution in [0.5, 0.6) is 0 Å². The average molecular weight is 171 g/mol. The maximum atomic E-state index is 2.70. The van der Waals surface area contributed by atoms with Crippen LogP contribution in [-0.4, -0.2) is 27.1 Å². The van der Waals surface area contributed by atoms with E-state index in [0.29, 0.717) is 0 Å². The van der Waals surface area contributed by atoms with Crippen molar-refractivity contribution in [3.8, 4) is 0 Å². The van der Waals surface area contributed by atoms with E-state index in [4.69, 9.17) is 0 Å². The Morgan fingerprint density at radius 3 is 2.45 bits per heavy atom. The molecule has 1 aliphatic carbocycles. The Kier molecular flexibility index (Phi) is 3.59. The van der Waals surface area contributed by atoms with Crippen molar-refractivity contribution in [3.63, 3.8) is 0 Å². The molecule has 0 aromatic carbocycles. The molecule has 0 N–H and O–H groups in total. The van der Waals surface area contributed by atoms with Gasteiger partial charge in [0.15, 0.2) is 0 Å². The maximum absolute atomic E-state index is 2.70. The third kappa shape index (κ3) is 2.31. The van der Waals surface area contributed by atoms with Crippen LogP contribution in [0.25, 0.3) is 0 Å². The SMILES string of the molecule is CCC(C)N([SiH3])C1CCCC1. The Hall–Kier alpha value is 0.177. The van der Waals surface area contributed by atoms with Gasteiger partial charge in [-0.15, -0.1) is 0 Å². The van der Waals surface area contributed by atoms with Gasteiger partial charge in [0.1, 0.15) is 0 Å². The first-order valence-electron chi connectivity index (χ1n) is 4.97. The van der Waals surface area contributed by atoms with E-state index < -0.39 is 0 Å².